The van der Waals surface area contributed by atoms with Crippen LogP contribution < -0.4 is 10.1 Å². The summed E-state index contributed by atoms with van der Waals surface area (Å²) in [5, 5.41) is 3.51. The molecule has 0 aliphatic heterocycles. The standard InChI is InChI=1S/C16H25NO3/c1-2-18-9-10-19-11-12-20-16-6-4-3-5-14(16)13-17-15-7-8-15/h3-6,15,17H,2,7-13H2,1H3. The van der Waals surface area contributed by atoms with Gasteiger partial charge in [0.25, 0.3) is 0 Å². The van der Waals surface area contributed by atoms with Gasteiger partial charge in [-0.05, 0) is 25.8 Å². The van der Waals surface area contributed by atoms with Gasteiger partial charge >= 0.3 is 0 Å². The molecule has 1 saturated carbocycles. The second-order valence-corrected chi connectivity index (χ2v) is 4.92. The highest BCUT2D eigenvalue weighted by molar-refractivity contribution is 5.33. The van der Waals surface area contributed by atoms with Crippen LogP contribution in [0.2, 0.25) is 0 Å². The maximum absolute atomic E-state index is 5.79. The summed E-state index contributed by atoms with van der Waals surface area (Å²) in [5.74, 6) is 0.953. The van der Waals surface area contributed by atoms with Crippen molar-refractivity contribution in [3.05, 3.63) is 29.8 Å². The third kappa shape index (κ3) is 5.90. The van der Waals surface area contributed by atoms with Crippen LogP contribution in [0.1, 0.15) is 25.3 Å². The van der Waals surface area contributed by atoms with E-state index in [-0.39, 0.29) is 0 Å². The van der Waals surface area contributed by atoms with Crippen molar-refractivity contribution in [1.82, 2.24) is 5.32 Å². The highest BCUT2D eigenvalue weighted by atomic mass is 16.5. The minimum Gasteiger partial charge on any atom is -0.491 e. The normalized spacial score (nSPS) is 14.4. The van der Waals surface area contributed by atoms with Gasteiger partial charge in [0.15, 0.2) is 0 Å². The molecule has 1 aliphatic carbocycles. The molecule has 0 unspecified atom stereocenters. The maximum Gasteiger partial charge on any atom is 0.123 e. The Morgan fingerprint density at radius 1 is 1.05 bits per heavy atom. The number of ether oxygens (including phenoxy) is 3. The molecule has 1 aromatic rings. The van der Waals surface area contributed by atoms with E-state index in [0.717, 1.165) is 18.9 Å². The lowest BCUT2D eigenvalue weighted by Crippen LogP contribution is -2.17. The van der Waals surface area contributed by atoms with Gasteiger partial charge in [-0.15, -0.1) is 0 Å². The fraction of sp³-hybridized carbons (Fsp3) is 0.625. The molecule has 2 rings (SSSR count). The highest BCUT2D eigenvalue weighted by Gasteiger charge is 2.20. The van der Waals surface area contributed by atoms with Crippen molar-refractivity contribution in [3.8, 4) is 5.75 Å². The monoisotopic (exact) mass is 279 g/mol. The fourth-order valence-corrected chi connectivity index (χ4v) is 1.91. The molecule has 1 aromatic carbocycles. The van der Waals surface area contributed by atoms with E-state index in [1.54, 1.807) is 0 Å². The van der Waals surface area contributed by atoms with Crippen LogP contribution in [0.3, 0.4) is 0 Å². The van der Waals surface area contributed by atoms with Crippen molar-refractivity contribution in [3.63, 3.8) is 0 Å². The lowest BCUT2D eigenvalue weighted by molar-refractivity contribution is 0.0403. The molecule has 1 aliphatic rings. The van der Waals surface area contributed by atoms with Gasteiger partial charge in [0, 0.05) is 24.8 Å². The van der Waals surface area contributed by atoms with Gasteiger partial charge in [0.2, 0.25) is 0 Å². The van der Waals surface area contributed by atoms with Crippen LogP contribution in [0.5, 0.6) is 5.75 Å². The van der Waals surface area contributed by atoms with E-state index in [1.165, 1.54) is 18.4 Å². The molecule has 4 nitrogen and oxygen atoms in total. The first-order chi connectivity index (χ1) is 9.90. The molecule has 0 amide bonds. The summed E-state index contributed by atoms with van der Waals surface area (Å²) in [6.45, 7) is 6.05. The Kier molecular flexibility index (Phi) is 6.84. The molecule has 1 N–H and O–H groups in total. The summed E-state index contributed by atoms with van der Waals surface area (Å²) in [6.07, 6.45) is 2.60. The minimum atomic E-state index is 0.576. The summed E-state index contributed by atoms with van der Waals surface area (Å²) in [7, 11) is 0. The van der Waals surface area contributed by atoms with Crippen molar-refractivity contribution in [2.45, 2.75) is 32.4 Å². The maximum atomic E-state index is 5.79. The lowest BCUT2D eigenvalue weighted by atomic mass is 10.2. The van der Waals surface area contributed by atoms with E-state index < -0.39 is 0 Å². The summed E-state index contributed by atoms with van der Waals surface area (Å²) in [4.78, 5) is 0. The Balaban J connectivity index is 1.63. The number of nitrogens with one attached hydrogen (secondary N) is 1. The molecule has 1 fully saturated rings. The van der Waals surface area contributed by atoms with Crippen molar-refractivity contribution in [2.24, 2.45) is 0 Å². The van der Waals surface area contributed by atoms with Gasteiger partial charge in [0.1, 0.15) is 12.4 Å². The minimum absolute atomic E-state index is 0.576. The van der Waals surface area contributed by atoms with E-state index in [4.69, 9.17) is 14.2 Å². The predicted molar refractivity (Wildman–Crippen MR) is 79.1 cm³/mol. The van der Waals surface area contributed by atoms with Crippen molar-refractivity contribution in [2.75, 3.05) is 33.0 Å². The zero-order valence-corrected chi connectivity index (χ0v) is 12.3. The Labute approximate surface area is 121 Å². The average molecular weight is 279 g/mol. The van der Waals surface area contributed by atoms with Crippen LogP contribution in [0, 0.1) is 0 Å². The lowest BCUT2D eigenvalue weighted by Gasteiger charge is -2.12. The van der Waals surface area contributed by atoms with Gasteiger partial charge in [-0.3, -0.25) is 0 Å². The van der Waals surface area contributed by atoms with Gasteiger partial charge in [0.05, 0.1) is 19.8 Å². The summed E-state index contributed by atoms with van der Waals surface area (Å²) in [6, 6.07) is 8.90. The zero-order chi connectivity index (χ0) is 14.0. The highest BCUT2D eigenvalue weighted by Crippen LogP contribution is 2.22. The summed E-state index contributed by atoms with van der Waals surface area (Å²) >= 11 is 0. The first-order valence-electron chi connectivity index (χ1n) is 7.49. The van der Waals surface area contributed by atoms with E-state index in [1.807, 2.05) is 19.1 Å². The van der Waals surface area contributed by atoms with Gasteiger partial charge in [-0.2, -0.15) is 0 Å². The van der Waals surface area contributed by atoms with E-state index in [9.17, 15) is 0 Å². The fourth-order valence-electron chi connectivity index (χ4n) is 1.91. The van der Waals surface area contributed by atoms with Gasteiger partial charge in [-0.25, -0.2) is 0 Å². The third-order valence-electron chi connectivity index (χ3n) is 3.19. The average Bonchev–Trinajstić information content (AvgIpc) is 3.29. The molecule has 0 atom stereocenters. The van der Waals surface area contributed by atoms with E-state index in [2.05, 4.69) is 17.4 Å². The van der Waals surface area contributed by atoms with Crippen LogP contribution in [0.15, 0.2) is 24.3 Å². The number of hydrogen-bond donors (Lipinski definition) is 1. The van der Waals surface area contributed by atoms with Crippen LogP contribution in [-0.2, 0) is 16.0 Å². The predicted octanol–water partition coefficient (Wildman–Crippen LogP) is 2.37. The Bertz CT molecular complexity index is 380. The Morgan fingerprint density at radius 3 is 2.60 bits per heavy atom. The number of para-hydroxylation sites is 1. The van der Waals surface area contributed by atoms with Crippen molar-refractivity contribution in [1.29, 1.82) is 0 Å². The van der Waals surface area contributed by atoms with Crippen LogP contribution in [0.4, 0.5) is 0 Å². The molecule has 0 aromatic heterocycles. The molecule has 0 radical (unpaired) electrons. The SMILES string of the molecule is CCOCCOCCOc1ccccc1CNC1CC1. The molecule has 0 spiro atoms. The quantitative estimate of drug-likeness (QED) is 0.631. The smallest absolute Gasteiger partial charge is 0.123 e. The second kappa shape index (κ2) is 8.95. The van der Waals surface area contributed by atoms with Gasteiger partial charge in [-0.1, -0.05) is 18.2 Å². The van der Waals surface area contributed by atoms with Crippen LogP contribution in [0.25, 0.3) is 0 Å². The van der Waals surface area contributed by atoms with E-state index >= 15 is 0 Å². The Morgan fingerprint density at radius 2 is 1.80 bits per heavy atom. The topological polar surface area (TPSA) is 39.7 Å². The largest absolute Gasteiger partial charge is 0.491 e. The summed E-state index contributed by atoms with van der Waals surface area (Å²) in [5.41, 5.74) is 1.22. The first kappa shape index (κ1) is 15.3. The van der Waals surface area contributed by atoms with Crippen LogP contribution in [-0.4, -0.2) is 39.1 Å². The molecule has 20 heavy (non-hydrogen) atoms. The third-order valence-corrected chi connectivity index (χ3v) is 3.19. The first-order valence-corrected chi connectivity index (χ1v) is 7.49. The molecule has 0 saturated heterocycles. The number of hydrogen-bond acceptors (Lipinski definition) is 4. The van der Waals surface area contributed by atoms with E-state index in [0.29, 0.717) is 32.5 Å². The zero-order valence-electron chi connectivity index (χ0n) is 12.3. The number of benzene rings is 1. The Hall–Kier alpha value is -1.10. The molecular formula is C16H25NO3. The molecular weight excluding hydrogens is 254 g/mol. The van der Waals surface area contributed by atoms with Gasteiger partial charge < -0.3 is 19.5 Å². The molecule has 4 heteroatoms. The molecule has 0 bridgehead atoms. The number of rotatable bonds is 11. The molecule has 112 valence electrons. The van der Waals surface area contributed by atoms with Crippen LogP contribution >= 0.6 is 0 Å². The van der Waals surface area contributed by atoms with Crippen molar-refractivity contribution < 1.29 is 14.2 Å². The summed E-state index contributed by atoms with van der Waals surface area (Å²) < 4.78 is 16.4. The second-order valence-electron chi connectivity index (χ2n) is 4.92. The molecule has 0 heterocycles. The van der Waals surface area contributed by atoms with Crippen molar-refractivity contribution >= 4 is 0 Å².